The first-order valence-corrected chi connectivity index (χ1v) is 11.1. The van der Waals surface area contributed by atoms with Gasteiger partial charge in [-0.1, -0.05) is 57.0 Å². The summed E-state index contributed by atoms with van der Waals surface area (Å²) in [5.74, 6) is 2.03. The second-order valence-electron chi connectivity index (χ2n) is 7.76. The minimum Gasteiger partial charge on any atom is -0.256 e. The molecule has 0 fully saturated rings. The fourth-order valence-electron chi connectivity index (χ4n) is 3.62. The molecule has 1 N–H and O–H groups in total. The van der Waals surface area contributed by atoms with Gasteiger partial charge in [0.05, 0.1) is 18.4 Å². The molecule has 0 saturated carbocycles. The van der Waals surface area contributed by atoms with E-state index in [4.69, 9.17) is 15.1 Å². The number of pyridine rings is 1. The molecule has 0 radical (unpaired) electrons. The first-order chi connectivity index (χ1) is 15.3. The number of nitrogens with zero attached hydrogens (tertiary/aromatic N) is 6. The number of hydrogen-bond donors (Lipinski definition) is 1. The maximum absolute atomic E-state index is 4.80. The Morgan fingerprint density at radius 2 is 1.65 bits per heavy atom. The van der Waals surface area contributed by atoms with E-state index in [1.807, 2.05) is 24.4 Å². The molecule has 0 aliphatic rings. The Balaban J connectivity index is 1.55. The van der Waals surface area contributed by atoms with E-state index in [-0.39, 0.29) is 0 Å². The van der Waals surface area contributed by atoms with Gasteiger partial charge in [0.25, 0.3) is 0 Å². The highest BCUT2D eigenvalue weighted by molar-refractivity contribution is 5.79. The summed E-state index contributed by atoms with van der Waals surface area (Å²) >= 11 is 0. The second-order valence-corrected chi connectivity index (χ2v) is 7.76. The number of H-pyrrole nitrogens is 1. The van der Waals surface area contributed by atoms with Crippen molar-refractivity contribution in [1.29, 1.82) is 0 Å². The lowest BCUT2D eigenvalue weighted by molar-refractivity contribution is 0.611. The van der Waals surface area contributed by atoms with E-state index < -0.39 is 0 Å². The van der Waals surface area contributed by atoms with E-state index in [9.17, 15) is 0 Å². The van der Waals surface area contributed by atoms with Gasteiger partial charge in [0.2, 0.25) is 0 Å². The quantitative estimate of drug-likeness (QED) is 0.400. The summed E-state index contributed by atoms with van der Waals surface area (Å²) in [4.78, 5) is 9.55. The molecule has 0 saturated heterocycles. The van der Waals surface area contributed by atoms with E-state index in [0.29, 0.717) is 6.54 Å². The molecule has 0 aliphatic carbocycles. The molecule has 31 heavy (non-hydrogen) atoms. The maximum Gasteiger partial charge on any atom is 0.150 e. The van der Waals surface area contributed by atoms with Crippen LogP contribution in [0.15, 0.2) is 48.8 Å². The maximum atomic E-state index is 4.80. The largest absolute Gasteiger partial charge is 0.256 e. The van der Waals surface area contributed by atoms with Crippen LogP contribution in [0.3, 0.4) is 0 Å². The number of benzene rings is 1. The van der Waals surface area contributed by atoms with E-state index >= 15 is 0 Å². The number of unbranched alkanes of at least 4 members (excludes halogenated alkanes) is 2. The fourth-order valence-corrected chi connectivity index (χ4v) is 3.62. The molecule has 0 atom stereocenters. The second kappa shape index (κ2) is 10.1. The summed E-state index contributed by atoms with van der Waals surface area (Å²) in [5.41, 5.74) is 4.89. The molecule has 0 unspecified atom stereocenters. The van der Waals surface area contributed by atoms with Crippen LogP contribution in [0.1, 0.15) is 56.7 Å². The van der Waals surface area contributed by atoms with Gasteiger partial charge in [0, 0.05) is 30.2 Å². The van der Waals surface area contributed by atoms with Gasteiger partial charge < -0.3 is 0 Å². The van der Waals surface area contributed by atoms with Crippen molar-refractivity contribution in [2.45, 2.75) is 58.9 Å². The molecule has 7 heteroatoms. The fraction of sp³-hybridized carbons (Fsp3) is 0.375. The number of rotatable bonds is 10. The van der Waals surface area contributed by atoms with Crippen LogP contribution in [0.4, 0.5) is 0 Å². The van der Waals surface area contributed by atoms with Gasteiger partial charge >= 0.3 is 0 Å². The molecule has 4 aromatic rings. The van der Waals surface area contributed by atoms with E-state index in [0.717, 1.165) is 78.3 Å². The SMILES string of the molecule is CCCCc1nc(CCCC)n(Cc2ccc(-c3ccccc3-c3cn[nH]n3)nc2)n1. The monoisotopic (exact) mass is 415 g/mol. The highest BCUT2D eigenvalue weighted by atomic mass is 15.3. The first-order valence-electron chi connectivity index (χ1n) is 11.1. The molecule has 3 heterocycles. The van der Waals surface area contributed by atoms with Crippen molar-refractivity contribution in [3.05, 3.63) is 66.0 Å². The van der Waals surface area contributed by atoms with Gasteiger partial charge in [-0.2, -0.15) is 20.5 Å². The third kappa shape index (κ3) is 5.05. The number of aromatic amines is 1. The molecule has 7 nitrogen and oxygen atoms in total. The van der Waals surface area contributed by atoms with Crippen molar-refractivity contribution < 1.29 is 0 Å². The topological polar surface area (TPSA) is 85.2 Å². The molecule has 0 bridgehead atoms. The van der Waals surface area contributed by atoms with Crippen LogP contribution < -0.4 is 0 Å². The van der Waals surface area contributed by atoms with Gasteiger partial charge in [-0.05, 0) is 24.5 Å². The molecule has 1 aromatic carbocycles. The molecule has 3 aromatic heterocycles. The van der Waals surface area contributed by atoms with Crippen LogP contribution in [0.2, 0.25) is 0 Å². The Morgan fingerprint density at radius 1 is 0.871 bits per heavy atom. The Bertz CT molecular complexity index is 1080. The Morgan fingerprint density at radius 3 is 2.32 bits per heavy atom. The lowest BCUT2D eigenvalue weighted by atomic mass is 10.0. The third-order valence-corrected chi connectivity index (χ3v) is 5.35. The Hall–Kier alpha value is -3.35. The molecular formula is C24H29N7. The van der Waals surface area contributed by atoms with E-state index in [1.165, 1.54) is 0 Å². The number of aromatic nitrogens is 7. The van der Waals surface area contributed by atoms with Crippen LogP contribution >= 0.6 is 0 Å². The molecule has 0 amide bonds. The van der Waals surface area contributed by atoms with Gasteiger partial charge in [0.15, 0.2) is 5.82 Å². The van der Waals surface area contributed by atoms with Crippen LogP contribution in [0.5, 0.6) is 0 Å². The summed E-state index contributed by atoms with van der Waals surface area (Å²) in [6.07, 6.45) is 10.1. The Kier molecular flexibility index (Phi) is 6.82. The van der Waals surface area contributed by atoms with Gasteiger partial charge in [0.1, 0.15) is 11.5 Å². The summed E-state index contributed by atoms with van der Waals surface area (Å²) in [7, 11) is 0. The molecule has 0 spiro atoms. The number of hydrogen-bond acceptors (Lipinski definition) is 5. The van der Waals surface area contributed by atoms with Crippen LogP contribution in [0.25, 0.3) is 22.5 Å². The van der Waals surface area contributed by atoms with Crippen LogP contribution in [-0.2, 0) is 19.4 Å². The molecule has 0 aliphatic heterocycles. The molecule has 160 valence electrons. The zero-order valence-electron chi connectivity index (χ0n) is 18.3. The minimum absolute atomic E-state index is 0.691. The molecular weight excluding hydrogens is 386 g/mol. The lowest BCUT2D eigenvalue weighted by Crippen LogP contribution is -2.07. The van der Waals surface area contributed by atoms with Gasteiger partial charge in [-0.3, -0.25) is 4.98 Å². The summed E-state index contributed by atoms with van der Waals surface area (Å²) in [6.45, 7) is 5.09. The summed E-state index contributed by atoms with van der Waals surface area (Å²) < 4.78 is 2.06. The average molecular weight is 416 g/mol. The summed E-state index contributed by atoms with van der Waals surface area (Å²) in [6, 6.07) is 12.3. The average Bonchev–Trinajstić information content (AvgIpc) is 3.47. The highest BCUT2D eigenvalue weighted by Crippen LogP contribution is 2.29. The third-order valence-electron chi connectivity index (χ3n) is 5.35. The predicted octanol–water partition coefficient (Wildman–Crippen LogP) is 4.86. The van der Waals surface area contributed by atoms with E-state index in [1.54, 1.807) is 6.20 Å². The van der Waals surface area contributed by atoms with Gasteiger partial charge in [-0.25, -0.2) is 9.67 Å². The zero-order chi connectivity index (χ0) is 21.5. The Labute approximate surface area is 183 Å². The van der Waals surface area contributed by atoms with Crippen LogP contribution in [-0.4, -0.2) is 35.2 Å². The van der Waals surface area contributed by atoms with Crippen molar-refractivity contribution in [3.63, 3.8) is 0 Å². The first kappa shape index (κ1) is 20.9. The van der Waals surface area contributed by atoms with Crippen molar-refractivity contribution in [2.24, 2.45) is 0 Å². The van der Waals surface area contributed by atoms with E-state index in [2.05, 4.69) is 52.1 Å². The van der Waals surface area contributed by atoms with Crippen molar-refractivity contribution >= 4 is 0 Å². The van der Waals surface area contributed by atoms with Crippen LogP contribution in [0, 0.1) is 0 Å². The van der Waals surface area contributed by atoms with Crippen molar-refractivity contribution in [3.8, 4) is 22.5 Å². The number of aryl methyl sites for hydroxylation is 2. The lowest BCUT2D eigenvalue weighted by Gasteiger charge is -2.09. The predicted molar refractivity (Wildman–Crippen MR) is 121 cm³/mol. The molecule has 4 rings (SSSR count). The van der Waals surface area contributed by atoms with Gasteiger partial charge in [-0.15, -0.1) is 0 Å². The normalized spacial score (nSPS) is 11.2. The zero-order valence-corrected chi connectivity index (χ0v) is 18.3. The van der Waals surface area contributed by atoms with Crippen molar-refractivity contribution in [1.82, 2.24) is 35.2 Å². The smallest absolute Gasteiger partial charge is 0.150 e. The standard InChI is InChI=1S/C24H29N7/c1-3-5-11-23-27-24(12-6-4-2)31(29-23)17-18-13-14-21(25-15-18)19-9-7-8-10-20(19)22-16-26-30-28-22/h7-10,13-16H,3-6,11-12,17H2,1-2H3,(H,26,28,30). The number of nitrogens with one attached hydrogen (secondary N) is 1. The van der Waals surface area contributed by atoms with Crippen molar-refractivity contribution in [2.75, 3.05) is 0 Å². The highest BCUT2D eigenvalue weighted by Gasteiger charge is 2.12. The minimum atomic E-state index is 0.691. The summed E-state index contributed by atoms with van der Waals surface area (Å²) in [5, 5.41) is 15.6.